The molecule has 0 saturated heterocycles. The van der Waals surface area contributed by atoms with Crippen molar-refractivity contribution in [2.24, 2.45) is 10.9 Å². The molecule has 0 fully saturated rings. The summed E-state index contributed by atoms with van der Waals surface area (Å²) in [5, 5.41) is 0.652. The van der Waals surface area contributed by atoms with Crippen LogP contribution in [0.1, 0.15) is 61.1 Å². The van der Waals surface area contributed by atoms with E-state index in [9.17, 15) is 4.79 Å². The molecule has 1 aromatic heterocycles. The molecule has 0 bridgehead atoms. The number of nitrogens with zero attached hydrogens (tertiary/aromatic N) is 2. The van der Waals surface area contributed by atoms with Crippen LogP contribution in [0.2, 0.25) is 0 Å². The summed E-state index contributed by atoms with van der Waals surface area (Å²) >= 11 is 0. The predicted octanol–water partition coefficient (Wildman–Crippen LogP) is 4.71. The summed E-state index contributed by atoms with van der Waals surface area (Å²) in [7, 11) is 3.11. The molecule has 0 spiro atoms. The Hall–Kier alpha value is -2.56. The largest absolute Gasteiger partial charge is 0.493 e. The number of fused-ring (bicyclic) bond motifs is 3. The first-order valence-electron chi connectivity index (χ1n) is 10.4. The molecular formula is C24H32N2O3. The van der Waals surface area contributed by atoms with Crippen molar-refractivity contribution < 1.29 is 14.3 Å². The molecule has 156 valence electrons. The fourth-order valence-electron chi connectivity index (χ4n) is 4.00. The van der Waals surface area contributed by atoms with Gasteiger partial charge in [0.25, 0.3) is 0 Å². The van der Waals surface area contributed by atoms with E-state index >= 15 is 0 Å². The second-order valence-electron chi connectivity index (χ2n) is 8.07. The molecule has 2 aromatic rings. The van der Waals surface area contributed by atoms with E-state index in [2.05, 4.69) is 49.4 Å². The smallest absolute Gasteiger partial charge is 0.341 e. The standard InChI is InChI=1S/C24H32N2O3/c1-7-8-9-29-23-12-17-11-21(15(2)3)26-14-19(24(27)28-6)20(25-5)13-22(26)18(17)10-16(23)4/h10,12-15,21H,7-9,11H2,1-6H3. The Morgan fingerprint density at radius 1 is 1.31 bits per heavy atom. The molecule has 1 unspecified atom stereocenters. The van der Waals surface area contributed by atoms with Crippen LogP contribution in [-0.4, -0.2) is 31.3 Å². The average molecular weight is 397 g/mol. The fraction of sp³-hybridized carbons (Fsp3) is 0.500. The molecule has 1 aliphatic heterocycles. The molecular weight excluding hydrogens is 364 g/mol. The zero-order valence-corrected chi connectivity index (χ0v) is 18.4. The highest BCUT2D eigenvalue weighted by Crippen LogP contribution is 2.40. The first-order valence-corrected chi connectivity index (χ1v) is 10.4. The number of aryl methyl sites for hydroxylation is 1. The molecule has 1 aliphatic rings. The van der Waals surface area contributed by atoms with Gasteiger partial charge in [0, 0.05) is 24.8 Å². The number of aromatic nitrogens is 1. The number of methoxy groups -OCH3 is 1. The Bertz CT molecular complexity index is 973. The van der Waals surface area contributed by atoms with E-state index in [1.165, 1.54) is 18.2 Å². The maximum absolute atomic E-state index is 12.3. The van der Waals surface area contributed by atoms with Crippen molar-refractivity contribution in [2.75, 3.05) is 20.8 Å². The molecule has 5 nitrogen and oxygen atoms in total. The summed E-state index contributed by atoms with van der Waals surface area (Å²) < 4.78 is 13.3. The number of pyridine rings is 1. The van der Waals surface area contributed by atoms with Crippen LogP contribution in [0.25, 0.3) is 11.3 Å². The first kappa shape index (κ1) is 21.2. The number of benzene rings is 1. The summed E-state index contributed by atoms with van der Waals surface area (Å²) in [6.07, 6.45) is 4.99. The lowest BCUT2D eigenvalue weighted by Crippen LogP contribution is -2.29. The van der Waals surface area contributed by atoms with Gasteiger partial charge in [0.1, 0.15) is 11.3 Å². The Kier molecular flexibility index (Phi) is 6.46. The van der Waals surface area contributed by atoms with Crippen molar-refractivity contribution in [3.8, 4) is 17.0 Å². The maximum Gasteiger partial charge on any atom is 0.341 e. The number of unbranched alkanes of at least 4 members (excludes halogenated alkanes) is 1. The lowest BCUT2D eigenvalue weighted by atomic mass is 9.86. The number of rotatable bonds is 6. The highest BCUT2D eigenvalue weighted by atomic mass is 16.5. The third kappa shape index (κ3) is 4.09. The minimum absolute atomic E-state index is 0.248. The molecule has 1 aromatic carbocycles. The monoisotopic (exact) mass is 396 g/mol. The van der Waals surface area contributed by atoms with E-state index in [-0.39, 0.29) is 12.0 Å². The topological polar surface area (TPSA) is 52.8 Å². The van der Waals surface area contributed by atoms with E-state index in [4.69, 9.17) is 9.47 Å². The van der Waals surface area contributed by atoms with Gasteiger partial charge >= 0.3 is 5.97 Å². The predicted molar refractivity (Wildman–Crippen MR) is 115 cm³/mol. The van der Waals surface area contributed by atoms with Crippen LogP contribution in [0.4, 0.5) is 0 Å². The molecule has 29 heavy (non-hydrogen) atoms. The van der Waals surface area contributed by atoms with Gasteiger partial charge in [-0.1, -0.05) is 27.2 Å². The maximum atomic E-state index is 12.3. The van der Waals surface area contributed by atoms with Crippen LogP contribution in [0, 0.1) is 12.8 Å². The quantitative estimate of drug-likeness (QED) is 0.525. The minimum atomic E-state index is -0.356. The molecule has 0 saturated carbocycles. The van der Waals surface area contributed by atoms with Gasteiger partial charge in [0.15, 0.2) is 0 Å². The first-order chi connectivity index (χ1) is 13.9. The number of esters is 1. The Morgan fingerprint density at radius 3 is 2.69 bits per heavy atom. The van der Waals surface area contributed by atoms with Crippen molar-refractivity contribution in [3.63, 3.8) is 0 Å². The Morgan fingerprint density at radius 2 is 2.07 bits per heavy atom. The third-order valence-corrected chi connectivity index (χ3v) is 5.73. The molecule has 1 atom stereocenters. The average Bonchev–Trinajstić information content (AvgIpc) is 2.72. The molecule has 5 heteroatoms. The van der Waals surface area contributed by atoms with Gasteiger partial charge in [-0.25, -0.2) is 4.79 Å². The molecule has 0 N–H and O–H groups in total. The van der Waals surface area contributed by atoms with E-state index in [0.717, 1.165) is 42.9 Å². The van der Waals surface area contributed by atoms with Gasteiger partial charge in [0.05, 0.1) is 24.8 Å². The number of ether oxygens (including phenoxy) is 2. The van der Waals surface area contributed by atoms with Gasteiger partial charge in [0.2, 0.25) is 0 Å². The highest BCUT2D eigenvalue weighted by Gasteiger charge is 2.28. The van der Waals surface area contributed by atoms with Crippen LogP contribution in [-0.2, 0) is 11.2 Å². The zero-order chi connectivity index (χ0) is 21.1. The van der Waals surface area contributed by atoms with Crippen LogP contribution in [0.3, 0.4) is 0 Å². The molecule has 0 radical (unpaired) electrons. The third-order valence-electron chi connectivity index (χ3n) is 5.73. The molecule has 3 rings (SSSR count). The van der Waals surface area contributed by atoms with Crippen molar-refractivity contribution in [1.29, 1.82) is 0 Å². The molecule has 0 amide bonds. The summed E-state index contributed by atoms with van der Waals surface area (Å²) in [5.41, 5.74) is 5.18. The van der Waals surface area contributed by atoms with E-state index in [1.54, 1.807) is 7.05 Å². The van der Waals surface area contributed by atoms with Crippen molar-refractivity contribution in [3.05, 3.63) is 46.4 Å². The van der Waals surface area contributed by atoms with Crippen molar-refractivity contribution >= 4 is 5.97 Å². The number of carbonyl (C=O) groups is 1. The normalized spacial score (nSPS) is 15.8. The summed E-state index contributed by atoms with van der Waals surface area (Å²) in [6, 6.07) is 6.67. The Labute approximate surface area is 173 Å². The number of carbonyl (C=O) groups excluding carboxylic acids is 1. The van der Waals surface area contributed by atoms with E-state index in [0.29, 0.717) is 16.8 Å². The van der Waals surface area contributed by atoms with Gasteiger partial charge in [-0.05, 0) is 55.0 Å². The van der Waals surface area contributed by atoms with E-state index < -0.39 is 0 Å². The minimum Gasteiger partial charge on any atom is -0.493 e. The van der Waals surface area contributed by atoms with Crippen LogP contribution < -0.4 is 10.1 Å². The molecule has 2 heterocycles. The second-order valence-corrected chi connectivity index (χ2v) is 8.07. The lowest BCUT2D eigenvalue weighted by Gasteiger charge is -2.34. The molecule has 0 aliphatic carbocycles. The zero-order valence-electron chi connectivity index (χ0n) is 18.4. The van der Waals surface area contributed by atoms with Crippen molar-refractivity contribution in [1.82, 2.24) is 4.57 Å². The van der Waals surface area contributed by atoms with Gasteiger partial charge in [-0.2, -0.15) is 0 Å². The van der Waals surface area contributed by atoms with Crippen molar-refractivity contribution in [2.45, 2.75) is 53.0 Å². The van der Waals surface area contributed by atoms with Crippen LogP contribution >= 0.6 is 0 Å². The second kappa shape index (κ2) is 8.85. The fourth-order valence-corrected chi connectivity index (χ4v) is 4.00. The van der Waals surface area contributed by atoms with E-state index in [1.807, 2.05) is 12.3 Å². The lowest BCUT2D eigenvalue weighted by molar-refractivity contribution is 0.0597. The number of hydrogen-bond acceptors (Lipinski definition) is 4. The summed E-state index contributed by atoms with van der Waals surface area (Å²) in [4.78, 5) is 16.7. The highest BCUT2D eigenvalue weighted by molar-refractivity contribution is 5.89. The van der Waals surface area contributed by atoms with Crippen LogP contribution in [0.5, 0.6) is 5.75 Å². The Balaban J connectivity index is 2.18. The van der Waals surface area contributed by atoms with Gasteiger partial charge in [-0.3, -0.25) is 4.99 Å². The van der Waals surface area contributed by atoms with Gasteiger partial charge in [-0.15, -0.1) is 0 Å². The van der Waals surface area contributed by atoms with Gasteiger partial charge < -0.3 is 14.0 Å². The SMILES string of the molecule is CCCCOc1cc2c(cc1C)-c1cc(=NC)c(C(=O)OC)cn1C(C(C)C)C2. The number of hydrogen-bond donors (Lipinski definition) is 0. The summed E-state index contributed by atoms with van der Waals surface area (Å²) in [5.74, 6) is 1.03. The van der Waals surface area contributed by atoms with Crippen LogP contribution in [0.15, 0.2) is 29.4 Å². The summed E-state index contributed by atoms with van der Waals surface area (Å²) in [6.45, 7) is 9.44.